The van der Waals surface area contributed by atoms with Crippen molar-refractivity contribution >= 4 is 11.6 Å². The van der Waals surface area contributed by atoms with Crippen LogP contribution in [0.4, 0.5) is 0 Å². The summed E-state index contributed by atoms with van der Waals surface area (Å²) in [6.07, 6.45) is 0. The van der Waals surface area contributed by atoms with Crippen LogP contribution in [0, 0.1) is 11.8 Å². The number of halogens is 1. The summed E-state index contributed by atoms with van der Waals surface area (Å²) in [6, 6.07) is 7.86. The van der Waals surface area contributed by atoms with Crippen LogP contribution in [-0.2, 0) is 0 Å². The van der Waals surface area contributed by atoms with E-state index in [1.807, 2.05) is 24.3 Å². The smallest absolute Gasteiger partial charge is 0.120 e. The summed E-state index contributed by atoms with van der Waals surface area (Å²) in [7, 11) is 2.17. The normalized spacial score (nSPS) is 16.5. The molecule has 0 aliphatic carbocycles. The molecule has 1 saturated heterocycles. The lowest BCUT2D eigenvalue weighted by Gasteiger charge is -2.32. The second-order valence-corrected chi connectivity index (χ2v) is 5.22. The van der Waals surface area contributed by atoms with Crippen LogP contribution in [0.1, 0.15) is 5.56 Å². The predicted molar refractivity (Wildman–Crippen MR) is 83.5 cm³/mol. The third kappa shape index (κ3) is 5.05. The average Bonchev–Trinajstić information content (AvgIpc) is 2.48. The van der Waals surface area contributed by atoms with Gasteiger partial charge in [0.1, 0.15) is 12.4 Å². The number of rotatable bonds is 4. The van der Waals surface area contributed by atoms with E-state index in [2.05, 4.69) is 28.7 Å². The Labute approximate surface area is 126 Å². The fourth-order valence-electron chi connectivity index (χ4n) is 2.16. The molecule has 108 valence electrons. The number of piperazine rings is 1. The Hall–Kier alpha value is -1.21. The number of likely N-dealkylation sites (N-methyl/N-ethyl adjacent to an activating group) is 1. The maximum atomic E-state index is 5.80. The van der Waals surface area contributed by atoms with E-state index >= 15 is 0 Å². The van der Waals surface area contributed by atoms with Gasteiger partial charge in [0, 0.05) is 38.3 Å². The molecule has 0 N–H and O–H groups in total. The molecule has 0 aromatic heterocycles. The van der Waals surface area contributed by atoms with E-state index in [1.165, 1.54) is 0 Å². The predicted octanol–water partition coefficient (Wildman–Crippen LogP) is 1.90. The summed E-state index contributed by atoms with van der Waals surface area (Å²) in [6.45, 7) is 6.23. The van der Waals surface area contributed by atoms with Crippen LogP contribution in [-0.4, -0.2) is 62.1 Å². The molecule has 0 radical (unpaired) electrons. The van der Waals surface area contributed by atoms with Crippen molar-refractivity contribution in [1.29, 1.82) is 0 Å². The third-order valence-corrected chi connectivity index (χ3v) is 3.54. The van der Waals surface area contributed by atoms with Gasteiger partial charge in [-0.15, -0.1) is 11.6 Å². The second-order valence-electron chi connectivity index (χ2n) is 4.96. The summed E-state index contributed by atoms with van der Waals surface area (Å²) in [5.74, 6) is 7.08. The van der Waals surface area contributed by atoms with Gasteiger partial charge in [-0.3, -0.25) is 4.90 Å². The number of benzene rings is 1. The number of nitrogens with zero attached hydrogens (tertiary/aromatic N) is 2. The molecule has 0 unspecified atom stereocenters. The van der Waals surface area contributed by atoms with Crippen molar-refractivity contribution in [2.45, 2.75) is 0 Å². The van der Waals surface area contributed by atoms with Crippen molar-refractivity contribution in [3.63, 3.8) is 0 Å². The molecule has 4 heteroatoms. The van der Waals surface area contributed by atoms with Gasteiger partial charge in [-0.1, -0.05) is 17.9 Å². The number of hydrogen-bond acceptors (Lipinski definition) is 3. The Morgan fingerprint density at radius 1 is 1.25 bits per heavy atom. The molecule has 1 aliphatic rings. The first-order valence-corrected chi connectivity index (χ1v) is 7.50. The van der Waals surface area contributed by atoms with Gasteiger partial charge in [-0.2, -0.15) is 0 Å². The van der Waals surface area contributed by atoms with E-state index in [0.717, 1.165) is 50.6 Å². The Morgan fingerprint density at radius 2 is 2.05 bits per heavy atom. The lowest BCUT2D eigenvalue weighted by atomic mass is 10.2. The highest BCUT2D eigenvalue weighted by molar-refractivity contribution is 6.19. The average molecular weight is 293 g/mol. The fourth-order valence-corrected chi connectivity index (χ4v) is 2.23. The minimum atomic E-state index is 0.356. The van der Waals surface area contributed by atoms with Gasteiger partial charge in [-0.25, -0.2) is 0 Å². The van der Waals surface area contributed by atoms with Crippen molar-refractivity contribution < 1.29 is 4.74 Å². The van der Waals surface area contributed by atoms with Gasteiger partial charge >= 0.3 is 0 Å². The molecule has 1 aromatic carbocycles. The van der Waals surface area contributed by atoms with Crippen LogP contribution in [0.25, 0.3) is 0 Å². The Balaban J connectivity index is 1.76. The van der Waals surface area contributed by atoms with Gasteiger partial charge in [0.25, 0.3) is 0 Å². The molecular weight excluding hydrogens is 272 g/mol. The van der Waals surface area contributed by atoms with Crippen LogP contribution in [0.15, 0.2) is 24.3 Å². The highest BCUT2D eigenvalue weighted by atomic mass is 35.5. The molecule has 0 spiro atoms. The zero-order valence-electron chi connectivity index (χ0n) is 11.9. The van der Waals surface area contributed by atoms with E-state index in [0.29, 0.717) is 5.88 Å². The van der Waals surface area contributed by atoms with Gasteiger partial charge in [-0.05, 0) is 25.2 Å². The van der Waals surface area contributed by atoms with Crippen molar-refractivity contribution in [3.05, 3.63) is 29.8 Å². The zero-order chi connectivity index (χ0) is 14.2. The first kappa shape index (κ1) is 15.2. The molecule has 1 heterocycles. The van der Waals surface area contributed by atoms with Gasteiger partial charge in [0.2, 0.25) is 0 Å². The Bertz CT molecular complexity index is 473. The lowest BCUT2D eigenvalue weighted by molar-refractivity contribution is 0.134. The molecule has 3 nitrogen and oxygen atoms in total. The van der Waals surface area contributed by atoms with Crippen LogP contribution in [0.3, 0.4) is 0 Å². The van der Waals surface area contributed by atoms with E-state index in [-0.39, 0.29) is 0 Å². The molecule has 20 heavy (non-hydrogen) atoms. The van der Waals surface area contributed by atoms with E-state index in [9.17, 15) is 0 Å². The number of alkyl halides is 1. The fraction of sp³-hybridized carbons (Fsp3) is 0.500. The van der Waals surface area contributed by atoms with Crippen molar-refractivity contribution in [3.8, 4) is 17.6 Å². The summed E-state index contributed by atoms with van der Waals surface area (Å²) < 4.78 is 5.80. The number of hydrogen-bond donors (Lipinski definition) is 0. The molecule has 0 saturated carbocycles. The molecule has 0 bridgehead atoms. The van der Waals surface area contributed by atoms with E-state index in [4.69, 9.17) is 16.3 Å². The van der Waals surface area contributed by atoms with Crippen molar-refractivity contribution in [2.24, 2.45) is 0 Å². The molecular formula is C16H21ClN2O. The summed E-state index contributed by atoms with van der Waals surface area (Å²) in [5, 5.41) is 0. The molecule has 0 atom stereocenters. The summed E-state index contributed by atoms with van der Waals surface area (Å²) in [5.41, 5.74) is 0.947. The largest absolute Gasteiger partial charge is 0.492 e. The molecule has 1 aromatic rings. The minimum absolute atomic E-state index is 0.356. The second kappa shape index (κ2) is 8.16. The highest BCUT2D eigenvalue weighted by Gasteiger charge is 2.12. The molecule has 1 aliphatic heterocycles. The SMILES string of the molecule is CN1CCN(CCOc2cccc(C#CCCl)c2)CC1. The molecule has 2 rings (SSSR count). The third-order valence-electron chi connectivity index (χ3n) is 3.41. The standard InChI is InChI=1S/C16H21ClN2O/c1-18-8-10-19(11-9-18)12-13-20-16-6-2-4-15(14-16)5-3-7-17/h2,4,6,14H,7-13H2,1H3. The summed E-state index contributed by atoms with van der Waals surface area (Å²) in [4.78, 5) is 4.80. The van der Waals surface area contributed by atoms with Gasteiger partial charge in [0.05, 0.1) is 5.88 Å². The van der Waals surface area contributed by atoms with Gasteiger partial charge in [0.15, 0.2) is 0 Å². The monoisotopic (exact) mass is 292 g/mol. The van der Waals surface area contributed by atoms with Crippen LogP contribution in [0.2, 0.25) is 0 Å². The van der Waals surface area contributed by atoms with Crippen LogP contribution in [0.5, 0.6) is 5.75 Å². The van der Waals surface area contributed by atoms with E-state index in [1.54, 1.807) is 0 Å². The number of ether oxygens (including phenoxy) is 1. The Morgan fingerprint density at radius 3 is 2.80 bits per heavy atom. The van der Waals surface area contributed by atoms with E-state index < -0.39 is 0 Å². The lowest BCUT2D eigenvalue weighted by Crippen LogP contribution is -2.45. The van der Waals surface area contributed by atoms with Crippen LogP contribution < -0.4 is 4.74 Å². The topological polar surface area (TPSA) is 15.7 Å². The zero-order valence-corrected chi connectivity index (χ0v) is 12.7. The molecule has 0 amide bonds. The summed E-state index contributed by atoms with van der Waals surface area (Å²) >= 11 is 5.56. The molecule has 1 fully saturated rings. The maximum absolute atomic E-state index is 5.80. The van der Waals surface area contributed by atoms with Gasteiger partial charge < -0.3 is 9.64 Å². The Kier molecular flexibility index (Phi) is 6.20. The first-order chi connectivity index (χ1) is 9.78. The maximum Gasteiger partial charge on any atom is 0.120 e. The van der Waals surface area contributed by atoms with Crippen LogP contribution >= 0.6 is 11.6 Å². The van der Waals surface area contributed by atoms with Crippen molar-refractivity contribution in [2.75, 3.05) is 52.3 Å². The highest BCUT2D eigenvalue weighted by Crippen LogP contribution is 2.12. The minimum Gasteiger partial charge on any atom is -0.492 e. The quantitative estimate of drug-likeness (QED) is 0.623. The van der Waals surface area contributed by atoms with Crippen molar-refractivity contribution in [1.82, 2.24) is 9.80 Å². The first-order valence-electron chi connectivity index (χ1n) is 6.96.